The van der Waals surface area contributed by atoms with E-state index in [9.17, 15) is 9.59 Å². The number of carbonyl (C=O) groups excluding carboxylic acids is 2. The SMILES string of the molecule is NCOC(=O)c1ccccc1.O=C1CCO1. The average Bonchev–Trinajstić information content (AvgIpc) is 2.29. The molecule has 1 aromatic rings. The van der Waals surface area contributed by atoms with Crippen molar-refractivity contribution in [2.24, 2.45) is 5.73 Å². The standard InChI is InChI=1S/C8H9NO2.C3H4O2/c9-6-11-8(10)7-4-2-1-3-5-7;4-3-1-2-5-3/h1-5H,6,9H2;1-2H2. The molecule has 2 rings (SSSR count). The van der Waals surface area contributed by atoms with Crippen LogP contribution in [0, 0.1) is 0 Å². The van der Waals surface area contributed by atoms with Gasteiger partial charge in [-0.25, -0.2) is 4.79 Å². The van der Waals surface area contributed by atoms with E-state index in [4.69, 9.17) is 5.73 Å². The maximum absolute atomic E-state index is 10.9. The summed E-state index contributed by atoms with van der Waals surface area (Å²) in [6.45, 7) is 0.562. The zero-order valence-electron chi connectivity index (χ0n) is 8.72. The van der Waals surface area contributed by atoms with Crippen LogP contribution in [-0.2, 0) is 14.3 Å². The molecule has 1 aliphatic rings. The first-order chi connectivity index (χ1) is 7.74. The lowest BCUT2D eigenvalue weighted by atomic mass is 10.2. The minimum atomic E-state index is -0.381. The van der Waals surface area contributed by atoms with Gasteiger partial charge in [0.05, 0.1) is 12.0 Å². The van der Waals surface area contributed by atoms with Gasteiger partial charge in [-0.05, 0) is 12.1 Å². The molecule has 0 bridgehead atoms. The minimum Gasteiger partial charge on any atom is -0.465 e. The van der Waals surface area contributed by atoms with E-state index in [1.54, 1.807) is 24.3 Å². The zero-order valence-corrected chi connectivity index (χ0v) is 8.72. The molecule has 0 amide bonds. The highest BCUT2D eigenvalue weighted by atomic mass is 16.6. The van der Waals surface area contributed by atoms with E-state index in [0.29, 0.717) is 18.6 Å². The van der Waals surface area contributed by atoms with Crippen molar-refractivity contribution in [3.63, 3.8) is 0 Å². The van der Waals surface area contributed by atoms with E-state index >= 15 is 0 Å². The summed E-state index contributed by atoms with van der Waals surface area (Å²) in [7, 11) is 0. The molecule has 0 spiro atoms. The molecule has 5 nitrogen and oxygen atoms in total. The van der Waals surface area contributed by atoms with Gasteiger partial charge in [-0.1, -0.05) is 18.2 Å². The first kappa shape index (κ1) is 12.2. The summed E-state index contributed by atoms with van der Waals surface area (Å²) in [4.78, 5) is 20.6. The molecule has 0 saturated carbocycles. The van der Waals surface area contributed by atoms with Crippen LogP contribution >= 0.6 is 0 Å². The Labute approximate surface area is 93.1 Å². The monoisotopic (exact) mass is 223 g/mol. The molecule has 0 radical (unpaired) electrons. The van der Waals surface area contributed by atoms with Crippen LogP contribution in [0.5, 0.6) is 0 Å². The Hall–Kier alpha value is -1.88. The van der Waals surface area contributed by atoms with Crippen molar-refractivity contribution in [3.05, 3.63) is 35.9 Å². The minimum absolute atomic E-state index is 0.0648. The van der Waals surface area contributed by atoms with Crippen molar-refractivity contribution in [3.8, 4) is 0 Å². The molecule has 0 unspecified atom stereocenters. The van der Waals surface area contributed by atoms with E-state index in [1.807, 2.05) is 6.07 Å². The second kappa shape index (κ2) is 6.58. The molecular weight excluding hydrogens is 210 g/mol. The summed E-state index contributed by atoms with van der Waals surface area (Å²) in [5, 5.41) is 0. The van der Waals surface area contributed by atoms with E-state index in [0.717, 1.165) is 0 Å². The molecule has 0 aromatic heterocycles. The Bertz CT molecular complexity index is 344. The van der Waals surface area contributed by atoms with Gasteiger partial charge in [-0.2, -0.15) is 0 Å². The van der Waals surface area contributed by atoms with Crippen LogP contribution in [0.25, 0.3) is 0 Å². The summed E-state index contributed by atoms with van der Waals surface area (Å²) < 4.78 is 8.86. The van der Waals surface area contributed by atoms with E-state index in [2.05, 4.69) is 9.47 Å². The maximum atomic E-state index is 10.9. The first-order valence-corrected chi connectivity index (χ1v) is 4.82. The molecule has 86 valence electrons. The molecule has 1 aliphatic heterocycles. The van der Waals surface area contributed by atoms with Gasteiger partial charge >= 0.3 is 11.9 Å². The van der Waals surface area contributed by atoms with Crippen molar-refractivity contribution in [2.75, 3.05) is 13.3 Å². The van der Waals surface area contributed by atoms with Crippen molar-refractivity contribution in [2.45, 2.75) is 6.42 Å². The Morgan fingerprint density at radius 1 is 1.38 bits per heavy atom. The van der Waals surface area contributed by atoms with Crippen LogP contribution in [0.3, 0.4) is 0 Å². The number of rotatable bonds is 2. The quantitative estimate of drug-likeness (QED) is 0.589. The molecule has 0 atom stereocenters. The fraction of sp³-hybridized carbons (Fsp3) is 0.273. The van der Waals surface area contributed by atoms with Crippen molar-refractivity contribution in [1.82, 2.24) is 0 Å². The lowest BCUT2D eigenvalue weighted by molar-refractivity contribution is -0.157. The summed E-state index contributed by atoms with van der Waals surface area (Å²) in [5.74, 6) is -0.446. The van der Waals surface area contributed by atoms with Crippen LogP contribution in [0.1, 0.15) is 16.8 Å². The zero-order chi connectivity index (χ0) is 11.8. The molecular formula is C11H13NO4. The molecule has 2 N–H and O–H groups in total. The van der Waals surface area contributed by atoms with Gasteiger partial charge in [0.1, 0.15) is 13.3 Å². The van der Waals surface area contributed by atoms with Gasteiger partial charge in [0.25, 0.3) is 0 Å². The van der Waals surface area contributed by atoms with Gasteiger partial charge in [0, 0.05) is 0 Å². The number of benzene rings is 1. The third-order valence-corrected chi connectivity index (χ3v) is 1.79. The molecule has 1 saturated heterocycles. The van der Waals surface area contributed by atoms with Gasteiger partial charge in [0.15, 0.2) is 0 Å². The Kier molecular flexibility index (Phi) is 5.01. The number of esters is 2. The number of hydrogen-bond donors (Lipinski definition) is 1. The van der Waals surface area contributed by atoms with Crippen LogP contribution in [0.4, 0.5) is 0 Å². The average molecular weight is 223 g/mol. The number of cyclic esters (lactones) is 1. The topological polar surface area (TPSA) is 78.6 Å². The van der Waals surface area contributed by atoms with Gasteiger partial charge < -0.3 is 9.47 Å². The van der Waals surface area contributed by atoms with Gasteiger partial charge in [-0.15, -0.1) is 0 Å². The van der Waals surface area contributed by atoms with Crippen LogP contribution in [-0.4, -0.2) is 25.3 Å². The summed E-state index contributed by atoms with van der Waals surface area (Å²) >= 11 is 0. The third-order valence-electron chi connectivity index (χ3n) is 1.79. The maximum Gasteiger partial charge on any atom is 0.339 e. The Morgan fingerprint density at radius 2 is 1.94 bits per heavy atom. The predicted octanol–water partition coefficient (Wildman–Crippen LogP) is 0.693. The highest BCUT2D eigenvalue weighted by Crippen LogP contribution is 1.99. The lowest BCUT2D eigenvalue weighted by Gasteiger charge is -2.09. The Balaban J connectivity index is 0.000000212. The molecule has 5 heteroatoms. The van der Waals surface area contributed by atoms with Gasteiger partial charge in [0.2, 0.25) is 0 Å². The Morgan fingerprint density at radius 3 is 2.31 bits per heavy atom. The number of carbonyl (C=O) groups is 2. The van der Waals surface area contributed by atoms with Crippen molar-refractivity contribution in [1.29, 1.82) is 0 Å². The second-order valence-corrected chi connectivity index (χ2v) is 2.93. The fourth-order valence-corrected chi connectivity index (χ4v) is 0.919. The second-order valence-electron chi connectivity index (χ2n) is 2.93. The van der Waals surface area contributed by atoms with Crippen LogP contribution in [0.2, 0.25) is 0 Å². The first-order valence-electron chi connectivity index (χ1n) is 4.82. The van der Waals surface area contributed by atoms with Crippen LogP contribution < -0.4 is 5.73 Å². The summed E-state index contributed by atoms with van der Waals surface area (Å²) in [6.07, 6.45) is 0.625. The fourth-order valence-electron chi connectivity index (χ4n) is 0.919. The predicted molar refractivity (Wildman–Crippen MR) is 56.5 cm³/mol. The van der Waals surface area contributed by atoms with E-state index in [-0.39, 0.29) is 18.7 Å². The van der Waals surface area contributed by atoms with Crippen molar-refractivity contribution < 1.29 is 19.1 Å². The lowest BCUT2D eigenvalue weighted by Crippen LogP contribution is -2.18. The van der Waals surface area contributed by atoms with E-state index < -0.39 is 0 Å². The molecule has 16 heavy (non-hydrogen) atoms. The van der Waals surface area contributed by atoms with Crippen molar-refractivity contribution >= 4 is 11.9 Å². The smallest absolute Gasteiger partial charge is 0.339 e. The van der Waals surface area contributed by atoms with E-state index in [1.165, 1.54) is 0 Å². The highest BCUT2D eigenvalue weighted by molar-refractivity contribution is 5.89. The normalized spacial score (nSPS) is 12.7. The largest absolute Gasteiger partial charge is 0.465 e. The number of nitrogens with two attached hydrogens (primary N) is 1. The molecule has 0 aliphatic carbocycles. The highest BCUT2D eigenvalue weighted by Gasteiger charge is 2.11. The molecule has 1 heterocycles. The number of ether oxygens (including phenoxy) is 2. The summed E-state index contributed by atoms with van der Waals surface area (Å²) in [6, 6.07) is 8.73. The summed E-state index contributed by atoms with van der Waals surface area (Å²) in [5.41, 5.74) is 5.55. The number of hydrogen-bond acceptors (Lipinski definition) is 5. The van der Waals surface area contributed by atoms with Crippen LogP contribution in [0.15, 0.2) is 30.3 Å². The molecule has 1 aromatic carbocycles. The third kappa shape index (κ3) is 4.10. The molecule has 1 fully saturated rings. The van der Waals surface area contributed by atoms with Gasteiger partial charge in [-0.3, -0.25) is 10.5 Å².